The van der Waals surface area contributed by atoms with Gasteiger partial charge in [0.2, 0.25) is 0 Å². The summed E-state index contributed by atoms with van der Waals surface area (Å²) in [6.07, 6.45) is 0. The van der Waals surface area contributed by atoms with Crippen molar-refractivity contribution < 1.29 is 9.15 Å². The van der Waals surface area contributed by atoms with Crippen LogP contribution in [0.3, 0.4) is 0 Å². The number of halogens is 1. The topological polar surface area (TPSA) is 48.4 Å². The largest absolute Gasteiger partial charge is 0.494 e. The molecule has 1 aromatic heterocycles. The molecule has 1 aromatic carbocycles. The van der Waals surface area contributed by atoms with Crippen LogP contribution in [0.5, 0.6) is 5.75 Å². The number of nitrogens with two attached hydrogens (primary N) is 1. The van der Waals surface area contributed by atoms with Crippen molar-refractivity contribution in [1.82, 2.24) is 0 Å². The summed E-state index contributed by atoms with van der Waals surface area (Å²) in [5.74, 6) is 2.61. The molecular weight excluding hydrogens is 318 g/mol. The van der Waals surface area contributed by atoms with Crippen molar-refractivity contribution in [3.63, 3.8) is 0 Å². The molecule has 0 saturated heterocycles. The lowest BCUT2D eigenvalue weighted by molar-refractivity contribution is 0.335. The molecule has 1 atom stereocenters. The highest BCUT2D eigenvalue weighted by Crippen LogP contribution is 2.35. The maximum atomic E-state index is 6.47. The molecule has 2 N–H and O–H groups in total. The molecule has 0 aliphatic heterocycles. The van der Waals surface area contributed by atoms with Crippen LogP contribution in [0.15, 0.2) is 27.1 Å². The van der Waals surface area contributed by atoms with Crippen molar-refractivity contribution >= 4 is 15.9 Å². The molecule has 4 heteroatoms. The molecule has 1 unspecified atom stereocenters. The monoisotopic (exact) mass is 337 g/mol. The van der Waals surface area contributed by atoms with E-state index in [9.17, 15) is 0 Å². The average Bonchev–Trinajstić information content (AvgIpc) is 2.65. The number of hydrogen-bond acceptors (Lipinski definition) is 3. The van der Waals surface area contributed by atoms with E-state index in [4.69, 9.17) is 14.9 Å². The molecule has 3 nitrogen and oxygen atoms in total. The number of aryl methyl sites for hydroxylation is 2. The highest BCUT2D eigenvalue weighted by molar-refractivity contribution is 9.10. The van der Waals surface area contributed by atoms with Crippen LogP contribution in [0.2, 0.25) is 0 Å². The normalized spacial score (nSPS) is 12.5. The standard InChI is InChI=1S/C16H20BrNO2/c1-5-19-14-7-6-12(17)8-13(14)16(18)15-9(2)10(3)20-11(15)4/h6-8,16H,5,18H2,1-4H3. The van der Waals surface area contributed by atoms with E-state index >= 15 is 0 Å². The van der Waals surface area contributed by atoms with Crippen molar-refractivity contribution in [2.75, 3.05) is 6.61 Å². The molecular formula is C16H20BrNO2. The van der Waals surface area contributed by atoms with E-state index in [1.165, 1.54) is 0 Å². The minimum Gasteiger partial charge on any atom is -0.494 e. The summed E-state index contributed by atoms with van der Waals surface area (Å²) in [7, 11) is 0. The first-order valence-electron chi connectivity index (χ1n) is 6.70. The molecule has 108 valence electrons. The van der Waals surface area contributed by atoms with Gasteiger partial charge in [0, 0.05) is 15.6 Å². The smallest absolute Gasteiger partial charge is 0.124 e. The maximum absolute atomic E-state index is 6.47. The Morgan fingerprint density at radius 1 is 1.25 bits per heavy atom. The van der Waals surface area contributed by atoms with Gasteiger partial charge in [0.05, 0.1) is 12.6 Å². The first-order valence-corrected chi connectivity index (χ1v) is 7.49. The molecule has 0 amide bonds. The molecule has 20 heavy (non-hydrogen) atoms. The Kier molecular flexibility index (Phi) is 4.55. The Balaban J connectivity index is 2.52. The number of furan rings is 1. The average molecular weight is 338 g/mol. The lowest BCUT2D eigenvalue weighted by atomic mass is 9.95. The fourth-order valence-corrected chi connectivity index (χ4v) is 2.85. The zero-order chi connectivity index (χ0) is 14.9. The van der Waals surface area contributed by atoms with Gasteiger partial charge >= 0.3 is 0 Å². The van der Waals surface area contributed by atoms with Crippen molar-refractivity contribution in [2.45, 2.75) is 33.7 Å². The van der Waals surface area contributed by atoms with E-state index in [1.807, 2.05) is 45.9 Å². The van der Waals surface area contributed by atoms with E-state index in [2.05, 4.69) is 15.9 Å². The third-order valence-corrected chi connectivity index (χ3v) is 4.03. The second-order valence-electron chi connectivity index (χ2n) is 4.85. The Morgan fingerprint density at radius 2 is 1.95 bits per heavy atom. The van der Waals surface area contributed by atoms with E-state index < -0.39 is 0 Å². The molecule has 0 saturated carbocycles. The van der Waals surface area contributed by atoms with Gasteiger partial charge in [-0.15, -0.1) is 0 Å². The predicted octanol–water partition coefficient (Wildman–Crippen LogP) is 4.41. The van der Waals surface area contributed by atoms with Crippen LogP contribution in [0.1, 0.15) is 41.2 Å². The second-order valence-corrected chi connectivity index (χ2v) is 5.76. The Morgan fingerprint density at radius 3 is 2.50 bits per heavy atom. The Bertz CT molecular complexity index is 619. The molecule has 0 aliphatic rings. The second kappa shape index (κ2) is 6.02. The van der Waals surface area contributed by atoms with Crippen molar-refractivity contribution in [3.8, 4) is 5.75 Å². The minimum absolute atomic E-state index is 0.258. The van der Waals surface area contributed by atoms with Gasteiger partial charge in [0.15, 0.2) is 0 Å². The van der Waals surface area contributed by atoms with Gasteiger partial charge in [-0.05, 0) is 51.5 Å². The summed E-state index contributed by atoms with van der Waals surface area (Å²) in [6, 6.07) is 5.66. The highest BCUT2D eigenvalue weighted by Gasteiger charge is 2.22. The lowest BCUT2D eigenvalue weighted by Gasteiger charge is -2.17. The van der Waals surface area contributed by atoms with Gasteiger partial charge in [-0.25, -0.2) is 0 Å². The third kappa shape index (κ3) is 2.76. The zero-order valence-electron chi connectivity index (χ0n) is 12.3. The first-order chi connectivity index (χ1) is 9.45. The summed E-state index contributed by atoms with van der Waals surface area (Å²) in [4.78, 5) is 0. The molecule has 1 heterocycles. The van der Waals surface area contributed by atoms with Gasteiger partial charge in [0.1, 0.15) is 17.3 Å². The van der Waals surface area contributed by atoms with Gasteiger partial charge < -0.3 is 14.9 Å². The van der Waals surface area contributed by atoms with Crippen LogP contribution in [-0.2, 0) is 0 Å². The third-order valence-electron chi connectivity index (χ3n) is 3.54. The molecule has 0 bridgehead atoms. The maximum Gasteiger partial charge on any atom is 0.124 e. The van der Waals surface area contributed by atoms with Crippen molar-refractivity contribution in [2.24, 2.45) is 5.73 Å². The molecule has 2 rings (SSSR count). The first kappa shape index (κ1) is 15.1. The number of hydrogen-bond donors (Lipinski definition) is 1. The Labute approximate surface area is 128 Å². The van der Waals surface area contributed by atoms with Gasteiger partial charge in [-0.3, -0.25) is 0 Å². The van der Waals surface area contributed by atoms with E-state index in [0.717, 1.165) is 38.4 Å². The minimum atomic E-state index is -0.258. The number of rotatable bonds is 4. The van der Waals surface area contributed by atoms with Crippen LogP contribution >= 0.6 is 15.9 Å². The van der Waals surface area contributed by atoms with Crippen LogP contribution in [0.4, 0.5) is 0 Å². The Hall–Kier alpha value is -1.26. The summed E-state index contributed by atoms with van der Waals surface area (Å²) in [5, 5.41) is 0. The fraction of sp³-hybridized carbons (Fsp3) is 0.375. The van der Waals surface area contributed by atoms with Crippen LogP contribution in [-0.4, -0.2) is 6.61 Å². The molecule has 0 spiro atoms. The summed E-state index contributed by atoms with van der Waals surface area (Å²) < 4.78 is 12.4. The summed E-state index contributed by atoms with van der Waals surface area (Å²) >= 11 is 3.50. The number of benzene rings is 1. The van der Waals surface area contributed by atoms with Crippen molar-refractivity contribution in [3.05, 3.63) is 50.9 Å². The van der Waals surface area contributed by atoms with Gasteiger partial charge in [-0.1, -0.05) is 15.9 Å². The van der Waals surface area contributed by atoms with E-state index in [1.54, 1.807) is 0 Å². The lowest BCUT2D eigenvalue weighted by Crippen LogP contribution is -2.15. The molecule has 0 aliphatic carbocycles. The molecule has 0 radical (unpaired) electrons. The zero-order valence-corrected chi connectivity index (χ0v) is 13.9. The van der Waals surface area contributed by atoms with Crippen LogP contribution in [0, 0.1) is 20.8 Å². The van der Waals surface area contributed by atoms with Crippen LogP contribution < -0.4 is 10.5 Å². The highest BCUT2D eigenvalue weighted by atomic mass is 79.9. The molecule has 0 fully saturated rings. The van der Waals surface area contributed by atoms with E-state index in [-0.39, 0.29) is 6.04 Å². The fourth-order valence-electron chi connectivity index (χ4n) is 2.47. The predicted molar refractivity (Wildman–Crippen MR) is 84.3 cm³/mol. The quantitative estimate of drug-likeness (QED) is 0.898. The number of ether oxygens (including phenoxy) is 1. The van der Waals surface area contributed by atoms with Crippen molar-refractivity contribution in [1.29, 1.82) is 0 Å². The van der Waals surface area contributed by atoms with E-state index in [0.29, 0.717) is 6.61 Å². The summed E-state index contributed by atoms with van der Waals surface area (Å²) in [5.41, 5.74) is 9.59. The van der Waals surface area contributed by atoms with Gasteiger partial charge in [0.25, 0.3) is 0 Å². The summed E-state index contributed by atoms with van der Waals surface area (Å²) in [6.45, 7) is 8.54. The SMILES string of the molecule is CCOc1ccc(Br)cc1C(N)c1c(C)oc(C)c1C. The molecule has 2 aromatic rings. The van der Waals surface area contributed by atoms with Crippen LogP contribution in [0.25, 0.3) is 0 Å². The van der Waals surface area contributed by atoms with Gasteiger partial charge in [-0.2, -0.15) is 0 Å².